The van der Waals surface area contributed by atoms with E-state index in [0.29, 0.717) is 16.7 Å². The Balaban J connectivity index is 2.85. The number of halogens is 1. The monoisotopic (exact) mass is 310 g/mol. The van der Waals surface area contributed by atoms with Crippen molar-refractivity contribution in [2.24, 2.45) is 7.05 Å². The van der Waals surface area contributed by atoms with E-state index in [1.165, 1.54) is 0 Å². The Bertz CT molecular complexity index is 662. The molecule has 96 valence electrons. The molecule has 0 saturated carbocycles. The van der Waals surface area contributed by atoms with Gasteiger partial charge >= 0.3 is 0 Å². The second kappa shape index (κ2) is 4.48. The number of rotatable bonds is 2. The van der Waals surface area contributed by atoms with Gasteiger partial charge in [0, 0.05) is 18.6 Å². The van der Waals surface area contributed by atoms with Crippen molar-refractivity contribution in [3.63, 3.8) is 0 Å². The van der Waals surface area contributed by atoms with Crippen molar-refractivity contribution in [1.29, 1.82) is 0 Å². The minimum absolute atomic E-state index is 0.0624. The lowest BCUT2D eigenvalue weighted by molar-refractivity contribution is 0.00839. The minimum atomic E-state index is -0.607. The molecule has 0 amide bonds. The zero-order chi connectivity index (χ0) is 13.5. The van der Waals surface area contributed by atoms with Crippen LogP contribution in [0.5, 0.6) is 0 Å². The zero-order valence-corrected chi connectivity index (χ0v) is 12.4. The first kappa shape index (κ1) is 13.2. The Kier molecular flexibility index (Phi) is 3.29. The van der Waals surface area contributed by atoms with Crippen LogP contribution in [0.1, 0.15) is 19.7 Å². The van der Waals surface area contributed by atoms with Crippen molar-refractivity contribution in [3.8, 4) is 0 Å². The summed E-state index contributed by atoms with van der Waals surface area (Å²) in [6.07, 6.45) is 0. The molecular formula is C13H15BrN2O2. The molecule has 0 atom stereocenters. The van der Waals surface area contributed by atoms with Crippen LogP contribution in [-0.2, 0) is 17.4 Å². The summed E-state index contributed by atoms with van der Waals surface area (Å²) in [7, 11) is 3.32. The molecule has 0 fully saturated rings. The van der Waals surface area contributed by atoms with Crippen molar-refractivity contribution >= 4 is 26.8 Å². The standard InChI is InChI=1S/C13H15BrN2O2/c1-13(2,18-4)12-15-10-7-8(14)5-6-9(10)11(17)16(12)3/h5-7H,1-4H3. The van der Waals surface area contributed by atoms with E-state index in [1.54, 1.807) is 24.8 Å². The van der Waals surface area contributed by atoms with Gasteiger partial charge in [-0.25, -0.2) is 4.98 Å². The summed E-state index contributed by atoms with van der Waals surface area (Å²) in [6.45, 7) is 3.77. The molecule has 0 spiro atoms. The van der Waals surface area contributed by atoms with E-state index in [9.17, 15) is 4.79 Å². The summed E-state index contributed by atoms with van der Waals surface area (Å²) in [5.74, 6) is 0.612. The number of hydrogen-bond acceptors (Lipinski definition) is 3. The second-order valence-electron chi connectivity index (χ2n) is 4.68. The SMILES string of the molecule is COC(C)(C)c1nc2cc(Br)ccc2c(=O)n1C. The summed E-state index contributed by atoms with van der Waals surface area (Å²) in [5.41, 5.74) is 0.00459. The second-order valence-corrected chi connectivity index (χ2v) is 5.59. The largest absolute Gasteiger partial charge is 0.371 e. The van der Waals surface area contributed by atoms with Gasteiger partial charge in [0.25, 0.3) is 5.56 Å². The van der Waals surface area contributed by atoms with Crippen molar-refractivity contribution < 1.29 is 4.74 Å². The summed E-state index contributed by atoms with van der Waals surface area (Å²) >= 11 is 3.39. The van der Waals surface area contributed by atoms with Gasteiger partial charge in [0.05, 0.1) is 10.9 Å². The van der Waals surface area contributed by atoms with Crippen molar-refractivity contribution in [2.45, 2.75) is 19.4 Å². The number of benzene rings is 1. The topological polar surface area (TPSA) is 44.1 Å². The molecule has 0 N–H and O–H groups in total. The van der Waals surface area contributed by atoms with Crippen LogP contribution in [0.15, 0.2) is 27.5 Å². The van der Waals surface area contributed by atoms with E-state index in [-0.39, 0.29) is 5.56 Å². The molecule has 0 aliphatic rings. The van der Waals surface area contributed by atoms with Crippen LogP contribution in [-0.4, -0.2) is 16.7 Å². The molecule has 1 aromatic carbocycles. The van der Waals surface area contributed by atoms with E-state index in [0.717, 1.165) is 4.47 Å². The van der Waals surface area contributed by atoms with Gasteiger partial charge in [0.15, 0.2) is 0 Å². The van der Waals surface area contributed by atoms with E-state index >= 15 is 0 Å². The third-order valence-electron chi connectivity index (χ3n) is 3.09. The fourth-order valence-corrected chi connectivity index (χ4v) is 2.22. The molecule has 2 aromatic rings. The van der Waals surface area contributed by atoms with Crippen LogP contribution < -0.4 is 5.56 Å². The van der Waals surface area contributed by atoms with Gasteiger partial charge < -0.3 is 4.74 Å². The van der Waals surface area contributed by atoms with Crippen molar-refractivity contribution in [2.75, 3.05) is 7.11 Å². The highest BCUT2D eigenvalue weighted by Crippen LogP contribution is 2.23. The highest BCUT2D eigenvalue weighted by Gasteiger charge is 2.25. The molecule has 1 heterocycles. The predicted molar refractivity (Wildman–Crippen MR) is 74.7 cm³/mol. The molecule has 0 saturated heterocycles. The Morgan fingerprint density at radius 2 is 2.06 bits per heavy atom. The van der Waals surface area contributed by atoms with Crippen LogP contribution in [0, 0.1) is 0 Å². The average molecular weight is 311 g/mol. The normalized spacial score (nSPS) is 12.1. The average Bonchev–Trinajstić information content (AvgIpc) is 2.33. The van der Waals surface area contributed by atoms with Gasteiger partial charge in [0.2, 0.25) is 0 Å². The smallest absolute Gasteiger partial charge is 0.261 e. The highest BCUT2D eigenvalue weighted by molar-refractivity contribution is 9.10. The number of methoxy groups -OCH3 is 1. The molecule has 5 heteroatoms. The Labute approximate surface area is 114 Å². The van der Waals surface area contributed by atoms with E-state index in [1.807, 2.05) is 26.0 Å². The van der Waals surface area contributed by atoms with E-state index < -0.39 is 5.60 Å². The molecular weight excluding hydrogens is 296 g/mol. The lowest BCUT2D eigenvalue weighted by Crippen LogP contribution is -2.32. The Morgan fingerprint density at radius 3 is 2.67 bits per heavy atom. The van der Waals surface area contributed by atoms with Gasteiger partial charge in [-0.05, 0) is 32.0 Å². The third kappa shape index (κ3) is 2.08. The zero-order valence-electron chi connectivity index (χ0n) is 10.8. The van der Waals surface area contributed by atoms with Crippen LogP contribution in [0.2, 0.25) is 0 Å². The number of fused-ring (bicyclic) bond motifs is 1. The van der Waals surface area contributed by atoms with Gasteiger partial charge in [0.1, 0.15) is 11.4 Å². The van der Waals surface area contributed by atoms with Crippen LogP contribution in [0.4, 0.5) is 0 Å². The minimum Gasteiger partial charge on any atom is -0.371 e. The highest BCUT2D eigenvalue weighted by atomic mass is 79.9. The fraction of sp³-hybridized carbons (Fsp3) is 0.385. The maximum atomic E-state index is 12.3. The van der Waals surface area contributed by atoms with E-state index in [2.05, 4.69) is 20.9 Å². The number of nitrogens with zero attached hydrogens (tertiary/aromatic N) is 2. The predicted octanol–water partition coefficient (Wildman–Crippen LogP) is 2.58. The maximum Gasteiger partial charge on any atom is 0.261 e. The molecule has 0 radical (unpaired) electrons. The molecule has 1 aromatic heterocycles. The molecule has 0 aliphatic heterocycles. The molecule has 2 rings (SSSR count). The molecule has 0 bridgehead atoms. The van der Waals surface area contributed by atoms with Crippen molar-refractivity contribution in [1.82, 2.24) is 9.55 Å². The molecule has 18 heavy (non-hydrogen) atoms. The van der Waals surface area contributed by atoms with Crippen LogP contribution in [0.3, 0.4) is 0 Å². The number of ether oxygens (including phenoxy) is 1. The van der Waals surface area contributed by atoms with Gasteiger partial charge in [-0.3, -0.25) is 9.36 Å². The first-order valence-corrected chi connectivity index (χ1v) is 6.38. The first-order chi connectivity index (χ1) is 8.36. The molecule has 0 unspecified atom stereocenters. The quantitative estimate of drug-likeness (QED) is 0.856. The molecule has 4 nitrogen and oxygen atoms in total. The Hall–Kier alpha value is -1.20. The summed E-state index contributed by atoms with van der Waals surface area (Å²) in [5, 5.41) is 0.608. The van der Waals surface area contributed by atoms with Crippen LogP contribution >= 0.6 is 15.9 Å². The summed E-state index contributed by atoms with van der Waals surface area (Å²) < 4.78 is 7.85. The summed E-state index contributed by atoms with van der Waals surface area (Å²) in [4.78, 5) is 16.8. The first-order valence-electron chi connectivity index (χ1n) is 5.59. The lowest BCUT2D eigenvalue weighted by Gasteiger charge is -2.24. The van der Waals surface area contributed by atoms with Gasteiger partial charge in [-0.2, -0.15) is 0 Å². The molecule has 0 aliphatic carbocycles. The third-order valence-corrected chi connectivity index (χ3v) is 3.58. The fourth-order valence-electron chi connectivity index (χ4n) is 1.87. The maximum absolute atomic E-state index is 12.3. The van der Waals surface area contributed by atoms with Gasteiger partial charge in [-0.1, -0.05) is 15.9 Å². The van der Waals surface area contributed by atoms with Crippen LogP contribution in [0.25, 0.3) is 10.9 Å². The van der Waals surface area contributed by atoms with Gasteiger partial charge in [-0.15, -0.1) is 0 Å². The van der Waals surface area contributed by atoms with Crippen molar-refractivity contribution in [3.05, 3.63) is 38.9 Å². The summed E-state index contributed by atoms with van der Waals surface area (Å²) in [6, 6.07) is 5.46. The number of hydrogen-bond donors (Lipinski definition) is 0. The lowest BCUT2D eigenvalue weighted by atomic mass is 10.1. The Morgan fingerprint density at radius 1 is 1.39 bits per heavy atom. The van der Waals surface area contributed by atoms with E-state index in [4.69, 9.17) is 4.74 Å². The number of aromatic nitrogens is 2.